The lowest BCUT2D eigenvalue weighted by atomic mass is 9.93. The van der Waals surface area contributed by atoms with Gasteiger partial charge >= 0.3 is 0 Å². The Kier molecular flexibility index (Phi) is 6.49. The molecule has 2 fully saturated rings. The number of hydrogen-bond acceptors (Lipinski definition) is 6. The summed E-state index contributed by atoms with van der Waals surface area (Å²) < 4.78 is 6.03. The molecule has 0 radical (unpaired) electrons. The van der Waals surface area contributed by atoms with Crippen molar-refractivity contribution in [2.45, 2.75) is 37.8 Å². The predicted molar refractivity (Wildman–Crippen MR) is 147 cm³/mol. The zero-order valence-corrected chi connectivity index (χ0v) is 21.1. The smallest absolute Gasteiger partial charge is 0.252 e. The molecular weight excluding hydrogens is 450 g/mol. The van der Waals surface area contributed by atoms with Crippen LogP contribution in [0, 0.1) is 6.92 Å². The van der Waals surface area contributed by atoms with Crippen molar-refractivity contribution in [3.05, 3.63) is 77.1 Å². The Hall–Kier alpha value is -3.71. The molecular formula is C29H35N5O2. The second-order valence-corrected chi connectivity index (χ2v) is 9.85. The number of nitrogens with zero attached hydrogens (tertiary/aromatic N) is 3. The van der Waals surface area contributed by atoms with Gasteiger partial charge in [-0.2, -0.15) is 0 Å². The number of amides is 1. The van der Waals surface area contributed by atoms with E-state index >= 15 is 0 Å². The van der Waals surface area contributed by atoms with E-state index < -0.39 is 5.54 Å². The number of likely N-dealkylation sites (N-methyl/N-ethyl adjacent to an activating group) is 1. The first kappa shape index (κ1) is 24.0. The number of benzene rings is 2. The molecule has 1 aliphatic carbocycles. The average molecular weight is 486 g/mol. The summed E-state index contributed by atoms with van der Waals surface area (Å²) in [5, 5.41) is 4.39. The van der Waals surface area contributed by atoms with E-state index in [4.69, 9.17) is 10.5 Å². The fourth-order valence-corrected chi connectivity index (χ4v) is 4.88. The van der Waals surface area contributed by atoms with Gasteiger partial charge in [-0.1, -0.05) is 12.1 Å². The molecule has 0 unspecified atom stereocenters. The molecule has 5 rings (SSSR count). The Balaban J connectivity index is 0.00000320. The number of carbonyl (C=O) groups excluding carboxylic acids is 1. The van der Waals surface area contributed by atoms with Crippen LogP contribution in [0.1, 0.15) is 47.7 Å². The Labute approximate surface area is 213 Å². The Morgan fingerprint density at radius 1 is 1.33 bits per heavy atom. The van der Waals surface area contributed by atoms with Gasteiger partial charge in [0.25, 0.3) is 5.91 Å². The van der Waals surface area contributed by atoms with Gasteiger partial charge in [0.05, 0.1) is 11.1 Å². The van der Waals surface area contributed by atoms with Crippen molar-refractivity contribution in [1.82, 2.24) is 15.2 Å². The number of nitrogens with one attached hydrogen (secondary N) is 1. The molecule has 2 aliphatic rings. The van der Waals surface area contributed by atoms with Gasteiger partial charge in [0.2, 0.25) is 0 Å². The van der Waals surface area contributed by atoms with Crippen molar-refractivity contribution in [3.8, 4) is 5.75 Å². The zero-order valence-electron chi connectivity index (χ0n) is 21.1. The highest BCUT2D eigenvalue weighted by Crippen LogP contribution is 2.48. The first-order chi connectivity index (χ1) is 17.4. The number of aromatic nitrogens is 1. The van der Waals surface area contributed by atoms with Crippen LogP contribution in [0.5, 0.6) is 5.75 Å². The van der Waals surface area contributed by atoms with Gasteiger partial charge in [0, 0.05) is 49.7 Å². The van der Waals surface area contributed by atoms with Gasteiger partial charge in [-0.25, -0.2) is 0 Å². The third-order valence-electron chi connectivity index (χ3n) is 7.45. The molecule has 1 saturated carbocycles. The summed E-state index contributed by atoms with van der Waals surface area (Å²) in [5.41, 5.74) is 10.7. The molecule has 1 amide bonds. The third kappa shape index (κ3) is 4.58. The molecule has 2 aromatic carbocycles. The summed E-state index contributed by atoms with van der Waals surface area (Å²) in [4.78, 5) is 24.6. The number of fused-ring (bicyclic) bond motifs is 1. The molecule has 1 atom stereocenters. The highest BCUT2D eigenvalue weighted by atomic mass is 16.5. The molecule has 2 heterocycles. The van der Waals surface area contributed by atoms with E-state index in [0.29, 0.717) is 18.2 Å². The fraction of sp³-hybridized carbons (Fsp3) is 0.345. The summed E-state index contributed by atoms with van der Waals surface area (Å²) in [7, 11) is 3.83. The Bertz CT molecular complexity index is 1370. The first-order valence-corrected chi connectivity index (χ1v) is 12.4. The van der Waals surface area contributed by atoms with Crippen LogP contribution < -0.4 is 15.8 Å². The van der Waals surface area contributed by atoms with Crippen molar-refractivity contribution in [3.63, 3.8) is 0 Å². The molecule has 7 heteroatoms. The van der Waals surface area contributed by atoms with E-state index in [-0.39, 0.29) is 7.33 Å². The molecule has 1 aliphatic heterocycles. The Morgan fingerprint density at radius 2 is 2.17 bits per heavy atom. The second-order valence-electron chi connectivity index (χ2n) is 9.85. The fourth-order valence-electron chi connectivity index (χ4n) is 4.88. The summed E-state index contributed by atoms with van der Waals surface area (Å²) >= 11 is 0. The van der Waals surface area contributed by atoms with Gasteiger partial charge < -0.3 is 15.8 Å². The van der Waals surface area contributed by atoms with Crippen molar-refractivity contribution < 1.29 is 11.0 Å². The van der Waals surface area contributed by atoms with Crippen LogP contribution in [-0.2, 0) is 5.54 Å². The van der Waals surface area contributed by atoms with Gasteiger partial charge in [-0.15, -0.1) is 0 Å². The minimum absolute atomic E-state index is 0. The number of aryl methyl sites for hydroxylation is 1. The number of allylic oxidation sites excluding steroid dienone is 1. The molecule has 188 valence electrons. The SMILES string of the molecule is CN=C/C(=C\N)c1cc(C2(NC(=O)c3cc(OC[C@@H]4CCN4C)ccc3C)CC2)c2cccnc2c1.[HH]. The second kappa shape index (κ2) is 9.74. The van der Waals surface area contributed by atoms with E-state index in [1.807, 2.05) is 37.3 Å². The number of pyridine rings is 1. The first-order valence-electron chi connectivity index (χ1n) is 12.4. The van der Waals surface area contributed by atoms with E-state index in [1.54, 1.807) is 25.7 Å². The lowest BCUT2D eigenvalue weighted by Gasteiger charge is -2.37. The van der Waals surface area contributed by atoms with E-state index in [9.17, 15) is 4.79 Å². The maximum absolute atomic E-state index is 13.6. The maximum atomic E-state index is 13.6. The quantitative estimate of drug-likeness (QED) is 0.464. The van der Waals surface area contributed by atoms with Gasteiger partial charge in [0.15, 0.2) is 0 Å². The lowest BCUT2D eigenvalue weighted by Crippen LogP contribution is -2.48. The number of nitrogens with two attached hydrogens (primary N) is 1. The highest BCUT2D eigenvalue weighted by molar-refractivity contribution is 6.10. The summed E-state index contributed by atoms with van der Waals surface area (Å²) in [6, 6.07) is 14.3. The highest BCUT2D eigenvalue weighted by Gasteiger charge is 2.47. The van der Waals surface area contributed by atoms with E-state index in [0.717, 1.165) is 64.7 Å². The zero-order chi connectivity index (χ0) is 25.3. The van der Waals surface area contributed by atoms with Crippen molar-refractivity contribution in [1.29, 1.82) is 0 Å². The maximum Gasteiger partial charge on any atom is 0.252 e. The number of ether oxygens (including phenoxy) is 1. The molecule has 1 aromatic heterocycles. The number of likely N-dealkylation sites (tertiary alicyclic amines) is 1. The monoisotopic (exact) mass is 485 g/mol. The average Bonchev–Trinajstić information content (AvgIpc) is 3.66. The summed E-state index contributed by atoms with van der Waals surface area (Å²) in [6.45, 7) is 3.70. The van der Waals surface area contributed by atoms with Crippen LogP contribution in [0.4, 0.5) is 0 Å². The van der Waals surface area contributed by atoms with Crippen LogP contribution in [0.15, 0.2) is 59.9 Å². The minimum atomic E-state index is -0.449. The van der Waals surface area contributed by atoms with Crippen molar-refractivity contribution >= 4 is 28.6 Å². The topological polar surface area (TPSA) is 92.8 Å². The van der Waals surface area contributed by atoms with Crippen LogP contribution in [0.3, 0.4) is 0 Å². The van der Waals surface area contributed by atoms with Crippen LogP contribution in [0.2, 0.25) is 0 Å². The van der Waals surface area contributed by atoms with Gasteiger partial charge in [-0.05, 0) is 86.8 Å². The van der Waals surface area contributed by atoms with Crippen LogP contribution >= 0.6 is 0 Å². The number of rotatable bonds is 8. The number of carbonyl (C=O) groups is 1. The van der Waals surface area contributed by atoms with E-state index in [2.05, 4.69) is 39.4 Å². The minimum Gasteiger partial charge on any atom is -0.492 e. The molecule has 3 aromatic rings. The van der Waals surface area contributed by atoms with Crippen molar-refractivity contribution in [2.75, 3.05) is 27.2 Å². The molecule has 0 spiro atoms. The predicted octanol–water partition coefficient (Wildman–Crippen LogP) is 4.29. The largest absolute Gasteiger partial charge is 0.492 e. The van der Waals surface area contributed by atoms with Gasteiger partial charge in [0.1, 0.15) is 12.4 Å². The third-order valence-corrected chi connectivity index (χ3v) is 7.45. The number of hydrogen-bond donors (Lipinski definition) is 2. The van der Waals surface area contributed by atoms with Gasteiger partial charge in [-0.3, -0.25) is 19.7 Å². The molecule has 7 nitrogen and oxygen atoms in total. The summed E-state index contributed by atoms with van der Waals surface area (Å²) in [6.07, 6.45) is 7.94. The van der Waals surface area contributed by atoms with Crippen molar-refractivity contribution in [2.24, 2.45) is 10.7 Å². The lowest BCUT2D eigenvalue weighted by molar-refractivity contribution is 0.0767. The number of aliphatic imine (C=N–C) groups is 1. The van der Waals surface area contributed by atoms with Crippen LogP contribution in [-0.4, -0.2) is 55.3 Å². The molecule has 3 N–H and O–H groups in total. The normalized spacial score (nSPS) is 19.3. The summed E-state index contributed by atoms with van der Waals surface area (Å²) in [5.74, 6) is 0.632. The van der Waals surface area contributed by atoms with Crippen LogP contribution in [0.25, 0.3) is 16.5 Å². The van der Waals surface area contributed by atoms with E-state index in [1.165, 1.54) is 0 Å². The molecule has 1 saturated heterocycles. The molecule has 0 bridgehead atoms. The molecule has 36 heavy (non-hydrogen) atoms. The Morgan fingerprint density at radius 3 is 2.83 bits per heavy atom. The standard InChI is InChI=1S/C29H33N5O2.H2/c1-19-6-7-23(36-18-22-8-12-34(22)3)15-25(19)28(35)33-29(9-10-29)26-13-20(21(16-30)17-31-2)14-27-24(26)5-4-11-32-27;/h4-7,11,13-17,22H,8-10,12,18,30H2,1-3H3,(H,33,35);1H/b21-16+,31-17?;/t22-;/m0./s1.